The third kappa shape index (κ3) is 2.01. The highest BCUT2D eigenvalue weighted by Crippen LogP contribution is 2.25. The number of aryl methyl sites for hydroxylation is 2. The summed E-state index contributed by atoms with van der Waals surface area (Å²) in [5, 5.41) is 13.7. The van der Waals surface area contributed by atoms with Crippen LogP contribution in [-0.2, 0) is 6.42 Å². The summed E-state index contributed by atoms with van der Waals surface area (Å²) in [5.41, 5.74) is 0.863. The summed E-state index contributed by atoms with van der Waals surface area (Å²) in [5.74, 6) is 7.22. The third-order valence-corrected chi connectivity index (χ3v) is 3.56. The van der Waals surface area contributed by atoms with Crippen LogP contribution in [0.3, 0.4) is 0 Å². The highest BCUT2D eigenvalue weighted by Gasteiger charge is 2.13. The molecule has 19 heavy (non-hydrogen) atoms. The van der Waals surface area contributed by atoms with Crippen molar-refractivity contribution < 1.29 is 0 Å². The zero-order valence-electron chi connectivity index (χ0n) is 10.5. The first-order valence-electron chi connectivity index (χ1n) is 5.73. The lowest BCUT2D eigenvalue weighted by molar-refractivity contribution is 0.786. The molecule has 8 nitrogen and oxygen atoms in total. The van der Waals surface area contributed by atoms with Gasteiger partial charge in [-0.25, -0.2) is 9.66 Å². The predicted molar refractivity (Wildman–Crippen MR) is 69.2 cm³/mol. The standard InChI is InChI=1S/C10H12N8S/c1-3-7-15-16-10(17(7)11)19-8-4-6(2)14-9-12-5-13-18(8)9/h4-5H,3,11H2,1-2H3. The molecule has 0 unspecified atom stereocenters. The Balaban J connectivity index is 2.05. The van der Waals surface area contributed by atoms with Gasteiger partial charge < -0.3 is 5.84 Å². The summed E-state index contributed by atoms with van der Waals surface area (Å²) in [7, 11) is 0. The average Bonchev–Trinajstić information content (AvgIpc) is 2.97. The SMILES string of the molecule is CCc1nnc(Sc2cc(C)nc3ncnn23)n1N. The molecule has 0 fully saturated rings. The van der Waals surface area contributed by atoms with Gasteiger partial charge in [-0.15, -0.1) is 10.2 Å². The van der Waals surface area contributed by atoms with Gasteiger partial charge in [-0.1, -0.05) is 6.92 Å². The van der Waals surface area contributed by atoms with Crippen LogP contribution in [0.1, 0.15) is 18.4 Å². The monoisotopic (exact) mass is 276 g/mol. The van der Waals surface area contributed by atoms with Crippen molar-refractivity contribution in [1.29, 1.82) is 0 Å². The molecule has 0 aliphatic carbocycles. The fourth-order valence-corrected chi connectivity index (χ4v) is 2.60. The van der Waals surface area contributed by atoms with Crippen LogP contribution in [-0.4, -0.2) is 34.5 Å². The van der Waals surface area contributed by atoms with Gasteiger partial charge in [-0.2, -0.15) is 14.6 Å². The second-order valence-electron chi connectivity index (χ2n) is 3.93. The summed E-state index contributed by atoms with van der Waals surface area (Å²) in [6.45, 7) is 3.89. The second-order valence-corrected chi connectivity index (χ2v) is 4.92. The molecule has 0 saturated carbocycles. The molecule has 0 spiro atoms. The Bertz CT molecular complexity index is 730. The van der Waals surface area contributed by atoms with E-state index in [0.717, 1.165) is 23.0 Å². The highest BCUT2D eigenvalue weighted by atomic mass is 32.2. The van der Waals surface area contributed by atoms with E-state index in [1.54, 1.807) is 4.52 Å². The van der Waals surface area contributed by atoms with E-state index in [1.807, 2.05) is 19.9 Å². The van der Waals surface area contributed by atoms with Crippen LogP contribution in [0.15, 0.2) is 22.6 Å². The topological polar surface area (TPSA) is 99.8 Å². The minimum atomic E-state index is 0.557. The number of hydrogen-bond donors (Lipinski definition) is 1. The fourth-order valence-electron chi connectivity index (χ4n) is 1.68. The van der Waals surface area contributed by atoms with Crippen LogP contribution in [0.2, 0.25) is 0 Å². The summed E-state index contributed by atoms with van der Waals surface area (Å²) in [6.07, 6.45) is 2.20. The molecule has 98 valence electrons. The number of nitrogen functional groups attached to an aromatic ring is 1. The molecule has 0 radical (unpaired) electrons. The molecule has 0 aliphatic rings. The molecular weight excluding hydrogens is 264 g/mol. The van der Waals surface area contributed by atoms with E-state index >= 15 is 0 Å². The van der Waals surface area contributed by atoms with Gasteiger partial charge in [0.2, 0.25) is 5.16 Å². The molecule has 3 aromatic rings. The Kier molecular flexibility index (Phi) is 2.82. The number of nitrogens with zero attached hydrogens (tertiary/aromatic N) is 7. The van der Waals surface area contributed by atoms with Crippen LogP contribution in [0.25, 0.3) is 5.78 Å². The van der Waals surface area contributed by atoms with Crippen LogP contribution < -0.4 is 5.84 Å². The minimum Gasteiger partial charge on any atom is -0.336 e. The molecule has 0 aliphatic heterocycles. The van der Waals surface area contributed by atoms with E-state index in [2.05, 4.69) is 25.3 Å². The van der Waals surface area contributed by atoms with Crippen LogP contribution in [0, 0.1) is 6.92 Å². The van der Waals surface area contributed by atoms with Crippen LogP contribution >= 0.6 is 11.8 Å². The first-order chi connectivity index (χ1) is 9.19. The number of fused-ring (bicyclic) bond motifs is 1. The molecule has 0 bridgehead atoms. The molecule has 0 amide bonds. The zero-order valence-corrected chi connectivity index (χ0v) is 11.3. The van der Waals surface area contributed by atoms with Gasteiger partial charge in [0.15, 0.2) is 5.82 Å². The van der Waals surface area contributed by atoms with Crippen molar-refractivity contribution in [3.63, 3.8) is 0 Å². The van der Waals surface area contributed by atoms with Gasteiger partial charge >= 0.3 is 0 Å². The van der Waals surface area contributed by atoms with Crippen LogP contribution in [0.4, 0.5) is 0 Å². The molecule has 3 aromatic heterocycles. The lowest BCUT2D eigenvalue weighted by atomic mass is 10.5. The van der Waals surface area contributed by atoms with Gasteiger partial charge in [-0.05, 0) is 24.8 Å². The Morgan fingerprint density at radius 2 is 2.21 bits per heavy atom. The molecule has 0 saturated heterocycles. The summed E-state index contributed by atoms with van der Waals surface area (Å²) in [4.78, 5) is 8.36. The summed E-state index contributed by atoms with van der Waals surface area (Å²) < 4.78 is 3.14. The molecule has 3 rings (SSSR count). The fraction of sp³-hybridized carbons (Fsp3) is 0.300. The van der Waals surface area contributed by atoms with Gasteiger partial charge in [0, 0.05) is 12.1 Å². The van der Waals surface area contributed by atoms with Crippen molar-refractivity contribution in [2.45, 2.75) is 30.5 Å². The first-order valence-corrected chi connectivity index (χ1v) is 6.55. The lowest BCUT2D eigenvalue weighted by Crippen LogP contribution is -2.13. The normalized spacial score (nSPS) is 11.3. The maximum absolute atomic E-state index is 5.93. The van der Waals surface area contributed by atoms with Gasteiger partial charge in [0.05, 0.1) is 0 Å². The Labute approximate surface area is 113 Å². The molecule has 0 atom stereocenters. The van der Waals surface area contributed by atoms with Crippen molar-refractivity contribution in [2.75, 3.05) is 5.84 Å². The molecule has 0 aromatic carbocycles. The van der Waals surface area contributed by atoms with Crippen molar-refractivity contribution in [3.05, 3.63) is 23.9 Å². The van der Waals surface area contributed by atoms with E-state index in [1.165, 1.54) is 22.8 Å². The minimum absolute atomic E-state index is 0.557. The van der Waals surface area contributed by atoms with Crippen molar-refractivity contribution >= 4 is 17.5 Å². The lowest BCUT2D eigenvalue weighted by Gasteiger charge is -2.04. The largest absolute Gasteiger partial charge is 0.336 e. The van der Waals surface area contributed by atoms with Crippen molar-refractivity contribution in [3.8, 4) is 0 Å². The molecule has 2 N–H and O–H groups in total. The average molecular weight is 276 g/mol. The van der Waals surface area contributed by atoms with E-state index < -0.39 is 0 Å². The zero-order chi connectivity index (χ0) is 13.4. The number of aromatic nitrogens is 7. The van der Waals surface area contributed by atoms with Gasteiger partial charge in [0.1, 0.15) is 11.4 Å². The van der Waals surface area contributed by atoms with Gasteiger partial charge in [-0.3, -0.25) is 0 Å². The second kappa shape index (κ2) is 4.50. The maximum Gasteiger partial charge on any atom is 0.253 e. The maximum atomic E-state index is 5.93. The summed E-state index contributed by atoms with van der Waals surface area (Å²) in [6, 6.07) is 1.91. The first kappa shape index (κ1) is 11.9. The summed E-state index contributed by atoms with van der Waals surface area (Å²) >= 11 is 1.38. The smallest absolute Gasteiger partial charge is 0.253 e. The van der Waals surface area contributed by atoms with Crippen molar-refractivity contribution in [1.82, 2.24) is 34.5 Å². The van der Waals surface area contributed by atoms with Crippen molar-refractivity contribution in [2.24, 2.45) is 0 Å². The molecular formula is C10H12N8S. The highest BCUT2D eigenvalue weighted by molar-refractivity contribution is 7.99. The third-order valence-electron chi connectivity index (χ3n) is 2.59. The molecule has 3 heterocycles. The van der Waals surface area contributed by atoms with E-state index in [9.17, 15) is 0 Å². The van der Waals surface area contributed by atoms with E-state index in [4.69, 9.17) is 5.84 Å². The Hall–Kier alpha value is -2.16. The van der Waals surface area contributed by atoms with Crippen LogP contribution in [0.5, 0.6) is 0 Å². The number of hydrogen-bond acceptors (Lipinski definition) is 7. The molecule has 9 heteroatoms. The quantitative estimate of drug-likeness (QED) is 0.547. The Morgan fingerprint density at radius 3 is 2.95 bits per heavy atom. The van der Waals surface area contributed by atoms with E-state index in [-0.39, 0.29) is 0 Å². The number of nitrogens with two attached hydrogens (primary N) is 1. The Morgan fingerprint density at radius 1 is 1.37 bits per heavy atom. The number of rotatable bonds is 3. The van der Waals surface area contributed by atoms with Gasteiger partial charge in [0.25, 0.3) is 5.78 Å². The van der Waals surface area contributed by atoms with E-state index in [0.29, 0.717) is 10.9 Å². The predicted octanol–water partition coefficient (Wildman–Crippen LogP) is 0.452.